The minimum atomic E-state index is 0.456. The quantitative estimate of drug-likeness (QED) is 0.490. The molecule has 4 aromatic rings. The molecule has 2 aliphatic heterocycles. The number of nitrogens with zero attached hydrogens (tertiary/aromatic N) is 7. The van der Waals surface area contributed by atoms with Crippen LogP contribution in [0.3, 0.4) is 0 Å². The third kappa shape index (κ3) is 3.40. The molecule has 31 heavy (non-hydrogen) atoms. The molecule has 2 saturated heterocycles. The van der Waals surface area contributed by atoms with Crippen molar-refractivity contribution >= 4 is 22.5 Å². The molecule has 3 aromatic heterocycles. The Morgan fingerprint density at radius 1 is 1.00 bits per heavy atom. The van der Waals surface area contributed by atoms with Gasteiger partial charge in [-0.2, -0.15) is 10.2 Å². The molecule has 8 nitrogen and oxygen atoms in total. The lowest BCUT2D eigenvalue weighted by Gasteiger charge is -2.41. The van der Waals surface area contributed by atoms with Gasteiger partial charge in [-0.15, -0.1) is 0 Å². The van der Waals surface area contributed by atoms with Crippen molar-refractivity contribution in [2.75, 3.05) is 26.3 Å². The first-order valence-corrected chi connectivity index (χ1v) is 11.0. The van der Waals surface area contributed by atoms with Gasteiger partial charge < -0.3 is 4.74 Å². The second kappa shape index (κ2) is 7.71. The topological polar surface area (TPSA) is 73.9 Å². The molecule has 2 aliphatic rings. The van der Waals surface area contributed by atoms with Crippen LogP contribution in [0.2, 0.25) is 5.02 Å². The second-order valence-electron chi connectivity index (χ2n) is 8.18. The molecule has 0 amide bonds. The largest absolute Gasteiger partial charge is 0.378 e. The van der Waals surface area contributed by atoms with Gasteiger partial charge in [0.1, 0.15) is 5.69 Å². The van der Waals surface area contributed by atoms with Gasteiger partial charge in [0.05, 0.1) is 43.4 Å². The van der Waals surface area contributed by atoms with E-state index in [1.807, 2.05) is 23.1 Å². The van der Waals surface area contributed by atoms with Crippen LogP contribution >= 0.6 is 11.6 Å². The van der Waals surface area contributed by atoms with Gasteiger partial charge in [-0.25, -0.2) is 19.3 Å². The molecule has 0 N–H and O–H groups in total. The molecular weight excluding hydrogens is 414 g/mol. The molecule has 0 bridgehead atoms. The van der Waals surface area contributed by atoms with Gasteiger partial charge in [0.15, 0.2) is 0 Å². The van der Waals surface area contributed by atoms with Gasteiger partial charge in [-0.3, -0.25) is 4.90 Å². The highest BCUT2D eigenvalue weighted by molar-refractivity contribution is 6.32. The molecule has 0 radical (unpaired) electrons. The first kappa shape index (κ1) is 18.9. The van der Waals surface area contributed by atoms with Crippen molar-refractivity contribution in [3.05, 3.63) is 59.8 Å². The van der Waals surface area contributed by atoms with E-state index < -0.39 is 0 Å². The predicted octanol–water partition coefficient (Wildman–Crippen LogP) is 3.23. The Balaban J connectivity index is 1.30. The summed E-state index contributed by atoms with van der Waals surface area (Å²) in [5.74, 6) is 0.982. The van der Waals surface area contributed by atoms with Crippen LogP contribution in [0.5, 0.6) is 0 Å². The predicted molar refractivity (Wildman–Crippen MR) is 117 cm³/mol. The fraction of sp³-hybridized carbons (Fsp3) is 0.364. The molecule has 158 valence electrons. The van der Waals surface area contributed by atoms with Gasteiger partial charge in [-0.1, -0.05) is 11.6 Å². The zero-order chi connectivity index (χ0) is 20.8. The highest BCUT2D eigenvalue weighted by Crippen LogP contribution is 2.36. The van der Waals surface area contributed by atoms with Gasteiger partial charge in [-0.05, 0) is 55.6 Å². The third-order valence-corrected chi connectivity index (χ3v) is 6.69. The summed E-state index contributed by atoms with van der Waals surface area (Å²) in [4.78, 5) is 11.1. The van der Waals surface area contributed by atoms with Crippen LogP contribution in [0.1, 0.15) is 24.3 Å². The van der Waals surface area contributed by atoms with E-state index >= 15 is 0 Å². The molecule has 0 saturated carbocycles. The molecular formula is C22H22ClN7O. The van der Waals surface area contributed by atoms with Crippen LogP contribution < -0.4 is 0 Å². The van der Waals surface area contributed by atoms with Crippen molar-refractivity contribution in [3.63, 3.8) is 0 Å². The molecule has 9 heteroatoms. The number of likely N-dealkylation sites (tertiary alicyclic amines) is 1. The highest BCUT2D eigenvalue weighted by Gasteiger charge is 2.31. The highest BCUT2D eigenvalue weighted by atomic mass is 35.5. The number of hydrogen-bond acceptors (Lipinski definition) is 6. The number of aromatic nitrogens is 6. The van der Waals surface area contributed by atoms with Crippen molar-refractivity contribution in [1.29, 1.82) is 0 Å². The molecule has 1 aromatic carbocycles. The first-order chi connectivity index (χ1) is 15.3. The van der Waals surface area contributed by atoms with Crippen molar-refractivity contribution in [1.82, 2.24) is 34.4 Å². The number of rotatable bonds is 4. The summed E-state index contributed by atoms with van der Waals surface area (Å²) in [5, 5.41) is 10.8. The van der Waals surface area contributed by atoms with Crippen molar-refractivity contribution in [2.45, 2.75) is 24.8 Å². The van der Waals surface area contributed by atoms with E-state index in [2.05, 4.69) is 31.1 Å². The Hall–Kier alpha value is -2.81. The average molecular weight is 436 g/mol. The molecule has 0 spiro atoms. The minimum Gasteiger partial charge on any atom is -0.378 e. The summed E-state index contributed by atoms with van der Waals surface area (Å²) < 4.78 is 8.91. The zero-order valence-electron chi connectivity index (χ0n) is 16.9. The Labute approximate surface area is 184 Å². The summed E-state index contributed by atoms with van der Waals surface area (Å²) in [6.45, 7) is 3.93. The fourth-order valence-electron chi connectivity index (χ4n) is 4.53. The van der Waals surface area contributed by atoms with E-state index in [0.29, 0.717) is 17.9 Å². The zero-order valence-corrected chi connectivity index (χ0v) is 17.7. The maximum Gasteiger partial charge on any atom is 0.250 e. The molecule has 0 aliphatic carbocycles. The number of piperidine rings is 1. The number of benzene rings is 1. The lowest BCUT2D eigenvalue weighted by atomic mass is 9.88. The van der Waals surface area contributed by atoms with E-state index in [9.17, 15) is 0 Å². The second-order valence-corrected chi connectivity index (χ2v) is 8.59. The summed E-state index contributed by atoms with van der Waals surface area (Å²) in [7, 11) is 0. The summed E-state index contributed by atoms with van der Waals surface area (Å²) in [6, 6.07) is 6.62. The van der Waals surface area contributed by atoms with Gasteiger partial charge in [0.25, 0.3) is 0 Å². The number of ether oxygens (including phenoxy) is 1. The van der Waals surface area contributed by atoms with Crippen LogP contribution in [0.15, 0.2) is 49.2 Å². The normalized spacial score (nSPS) is 18.5. The first-order valence-electron chi connectivity index (χ1n) is 10.6. The Bertz CT molecular complexity index is 1210. The maximum absolute atomic E-state index is 6.71. The molecule has 2 fully saturated rings. The lowest BCUT2D eigenvalue weighted by molar-refractivity contribution is -0.0712. The van der Waals surface area contributed by atoms with Crippen LogP contribution in [0, 0.1) is 0 Å². The van der Waals surface area contributed by atoms with Crippen LogP contribution in [-0.4, -0.2) is 66.8 Å². The van der Waals surface area contributed by atoms with Crippen molar-refractivity contribution < 1.29 is 4.74 Å². The standard InChI is InChI=1S/C22H22ClN7O/c23-20-8-16-10-27-30(17-11-26-29(12-17)22-24-4-1-5-25-22)21(16)9-19(20)15-2-6-28(7-3-15)18-13-31-14-18/h1,4-5,8-12,15,18H,2-3,6-7,13-14H2. The van der Waals surface area contributed by atoms with Crippen LogP contribution in [0.4, 0.5) is 0 Å². The average Bonchev–Trinajstić information content (AvgIpc) is 3.40. The van der Waals surface area contributed by atoms with E-state index in [0.717, 1.165) is 60.8 Å². The summed E-state index contributed by atoms with van der Waals surface area (Å²) in [5.41, 5.74) is 3.09. The van der Waals surface area contributed by atoms with E-state index in [1.54, 1.807) is 29.3 Å². The van der Waals surface area contributed by atoms with Crippen LogP contribution in [0.25, 0.3) is 22.5 Å². The SMILES string of the molecule is Clc1cc2cnn(-c3cnn(-c4ncccn4)c3)c2cc1C1CCN(C2COC2)CC1. The monoisotopic (exact) mass is 435 g/mol. The third-order valence-electron chi connectivity index (χ3n) is 6.36. The maximum atomic E-state index is 6.71. The molecule has 0 unspecified atom stereocenters. The van der Waals surface area contributed by atoms with E-state index in [4.69, 9.17) is 16.3 Å². The molecule has 5 heterocycles. The Morgan fingerprint density at radius 2 is 1.81 bits per heavy atom. The van der Waals surface area contributed by atoms with Gasteiger partial charge >= 0.3 is 0 Å². The Kier molecular flexibility index (Phi) is 4.70. The molecule has 6 rings (SSSR count). The number of halogens is 1. The van der Waals surface area contributed by atoms with Gasteiger partial charge in [0.2, 0.25) is 5.95 Å². The van der Waals surface area contributed by atoms with E-state index in [1.165, 1.54) is 5.56 Å². The van der Waals surface area contributed by atoms with E-state index in [-0.39, 0.29) is 0 Å². The fourth-order valence-corrected chi connectivity index (χ4v) is 4.86. The number of hydrogen-bond donors (Lipinski definition) is 0. The number of fused-ring (bicyclic) bond motifs is 1. The van der Waals surface area contributed by atoms with Crippen LogP contribution in [-0.2, 0) is 4.74 Å². The van der Waals surface area contributed by atoms with Gasteiger partial charge in [0, 0.05) is 22.8 Å². The minimum absolute atomic E-state index is 0.456. The lowest BCUT2D eigenvalue weighted by Crippen LogP contribution is -2.51. The summed E-state index contributed by atoms with van der Waals surface area (Å²) in [6.07, 6.45) is 11.1. The smallest absolute Gasteiger partial charge is 0.250 e. The Morgan fingerprint density at radius 3 is 2.55 bits per heavy atom. The molecule has 0 atom stereocenters. The van der Waals surface area contributed by atoms with Crippen molar-refractivity contribution in [3.8, 4) is 11.6 Å². The summed E-state index contributed by atoms with van der Waals surface area (Å²) >= 11 is 6.71. The van der Waals surface area contributed by atoms with Crippen molar-refractivity contribution in [2.24, 2.45) is 0 Å².